The normalized spacial score (nSPS) is 13.5. The fourth-order valence-corrected chi connectivity index (χ4v) is 2.54. The zero-order valence-corrected chi connectivity index (χ0v) is 12.7. The molecule has 0 aliphatic rings. The molecule has 0 heterocycles. The fraction of sp³-hybridized carbons (Fsp3) is 0.538. The fourth-order valence-electron chi connectivity index (χ4n) is 1.39. The van der Waals surface area contributed by atoms with Gasteiger partial charge in [0.25, 0.3) is 0 Å². The van der Waals surface area contributed by atoms with Crippen LogP contribution in [0.15, 0.2) is 18.2 Å². The predicted octanol–water partition coefficient (Wildman–Crippen LogP) is 4.96. The topological polar surface area (TPSA) is 9.23 Å². The summed E-state index contributed by atoms with van der Waals surface area (Å²) in [5, 5.41) is 1.18. The van der Waals surface area contributed by atoms with Crippen molar-refractivity contribution in [3.05, 3.63) is 28.2 Å². The summed E-state index contributed by atoms with van der Waals surface area (Å²) in [6.45, 7) is 7.16. The van der Waals surface area contributed by atoms with E-state index in [1.807, 2.05) is 0 Å². The van der Waals surface area contributed by atoms with Gasteiger partial charge < -0.3 is 4.74 Å². The molecule has 0 amide bonds. The quantitative estimate of drug-likeness (QED) is 0.772. The summed E-state index contributed by atoms with van der Waals surface area (Å²) in [7, 11) is 0. The molecule has 1 rings (SSSR count). The molecule has 0 saturated heterocycles. The summed E-state index contributed by atoms with van der Waals surface area (Å²) in [6, 6.07) is 5.23. The standard InChI is InChI=1S/C13H18Cl2OS/c1-13(2,3)9(8-17)7-16-12-5-10(14)4-11(15)6-12/h4-6,9,17H,7-8H2,1-3H3. The summed E-state index contributed by atoms with van der Waals surface area (Å²) in [6.07, 6.45) is 0. The van der Waals surface area contributed by atoms with Crippen molar-refractivity contribution >= 4 is 35.8 Å². The third-order valence-electron chi connectivity index (χ3n) is 2.73. The molecule has 1 aromatic rings. The van der Waals surface area contributed by atoms with Crippen molar-refractivity contribution < 1.29 is 4.74 Å². The highest BCUT2D eigenvalue weighted by Gasteiger charge is 2.23. The zero-order chi connectivity index (χ0) is 13.1. The Morgan fingerprint density at radius 3 is 2.12 bits per heavy atom. The maximum atomic E-state index is 5.91. The van der Waals surface area contributed by atoms with Crippen molar-refractivity contribution in [2.24, 2.45) is 11.3 Å². The van der Waals surface area contributed by atoms with Gasteiger partial charge >= 0.3 is 0 Å². The van der Waals surface area contributed by atoms with Crippen molar-refractivity contribution in [2.75, 3.05) is 12.4 Å². The Morgan fingerprint density at radius 1 is 1.18 bits per heavy atom. The Balaban J connectivity index is 2.66. The van der Waals surface area contributed by atoms with E-state index in [2.05, 4.69) is 33.4 Å². The van der Waals surface area contributed by atoms with Crippen LogP contribution in [0, 0.1) is 11.3 Å². The molecule has 0 spiro atoms. The summed E-state index contributed by atoms with van der Waals surface area (Å²) >= 11 is 16.2. The zero-order valence-electron chi connectivity index (χ0n) is 10.3. The van der Waals surface area contributed by atoms with Gasteiger partial charge in [0, 0.05) is 16.0 Å². The molecule has 0 fully saturated rings. The van der Waals surface area contributed by atoms with Gasteiger partial charge in [0.2, 0.25) is 0 Å². The molecule has 1 unspecified atom stereocenters. The third-order valence-corrected chi connectivity index (χ3v) is 3.61. The Hall–Kier alpha value is -0.0500. The summed E-state index contributed by atoms with van der Waals surface area (Å²) < 4.78 is 5.73. The van der Waals surface area contributed by atoms with Crippen LogP contribution in [0.3, 0.4) is 0 Å². The molecule has 0 N–H and O–H groups in total. The smallest absolute Gasteiger partial charge is 0.122 e. The van der Waals surface area contributed by atoms with Gasteiger partial charge in [0.05, 0.1) is 6.61 Å². The minimum atomic E-state index is 0.171. The number of hydrogen-bond donors (Lipinski definition) is 1. The maximum absolute atomic E-state index is 5.91. The molecular formula is C13H18Cl2OS. The van der Waals surface area contributed by atoms with E-state index in [-0.39, 0.29) is 5.41 Å². The summed E-state index contributed by atoms with van der Waals surface area (Å²) in [4.78, 5) is 0. The van der Waals surface area contributed by atoms with Crippen molar-refractivity contribution in [1.82, 2.24) is 0 Å². The van der Waals surface area contributed by atoms with Gasteiger partial charge in [-0.2, -0.15) is 12.6 Å². The largest absolute Gasteiger partial charge is 0.493 e. The molecule has 0 bridgehead atoms. The summed E-state index contributed by atoms with van der Waals surface area (Å²) in [5.74, 6) is 1.87. The Bertz CT molecular complexity index is 354. The van der Waals surface area contributed by atoms with Crippen molar-refractivity contribution in [2.45, 2.75) is 20.8 Å². The van der Waals surface area contributed by atoms with E-state index in [4.69, 9.17) is 27.9 Å². The van der Waals surface area contributed by atoms with Crippen LogP contribution in [0.1, 0.15) is 20.8 Å². The van der Waals surface area contributed by atoms with Gasteiger partial charge in [-0.1, -0.05) is 44.0 Å². The second-order valence-corrected chi connectivity index (χ2v) is 6.40. The van der Waals surface area contributed by atoms with Crippen molar-refractivity contribution in [1.29, 1.82) is 0 Å². The number of thiol groups is 1. The first-order valence-corrected chi connectivity index (χ1v) is 6.91. The van der Waals surface area contributed by atoms with Gasteiger partial charge in [-0.3, -0.25) is 0 Å². The molecule has 0 aliphatic heterocycles. The minimum absolute atomic E-state index is 0.171. The molecule has 1 nitrogen and oxygen atoms in total. The van der Waals surface area contributed by atoms with Crippen LogP contribution in [-0.4, -0.2) is 12.4 Å². The molecule has 1 atom stereocenters. The van der Waals surface area contributed by atoms with Crippen LogP contribution in [-0.2, 0) is 0 Å². The van der Waals surface area contributed by atoms with E-state index in [0.29, 0.717) is 28.3 Å². The van der Waals surface area contributed by atoms with Crippen LogP contribution in [0.25, 0.3) is 0 Å². The van der Waals surface area contributed by atoms with Gasteiger partial charge in [0.1, 0.15) is 5.75 Å². The Morgan fingerprint density at radius 2 is 1.71 bits per heavy atom. The maximum Gasteiger partial charge on any atom is 0.122 e. The molecule has 4 heteroatoms. The average molecular weight is 293 g/mol. The first kappa shape index (κ1) is 15.0. The average Bonchev–Trinajstić information content (AvgIpc) is 2.14. The molecule has 0 aliphatic carbocycles. The summed E-state index contributed by atoms with van der Waals surface area (Å²) in [5.41, 5.74) is 0.171. The number of ether oxygens (including phenoxy) is 1. The molecule has 96 valence electrons. The number of hydrogen-bond acceptors (Lipinski definition) is 2. The van der Waals surface area contributed by atoms with Crippen molar-refractivity contribution in [3.63, 3.8) is 0 Å². The van der Waals surface area contributed by atoms with Gasteiger partial charge in [0.15, 0.2) is 0 Å². The molecular weight excluding hydrogens is 275 g/mol. The Kier molecular flexibility index (Phi) is 5.49. The number of halogens is 2. The highest BCUT2D eigenvalue weighted by molar-refractivity contribution is 7.80. The molecule has 0 radical (unpaired) electrons. The van der Waals surface area contributed by atoms with E-state index >= 15 is 0 Å². The first-order chi connectivity index (χ1) is 7.82. The van der Waals surface area contributed by atoms with Gasteiger partial charge in [-0.25, -0.2) is 0 Å². The lowest BCUT2D eigenvalue weighted by Crippen LogP contribution is -2.28. The lowest BCUT2D eigenvalue weighted by atomic mass is 9.82. The first-order valence-electron chi connectivity index (χ1n) is 5.52. The minimum Gasteiger partial charge on any atom is -0.493 e. The van der Waals surface area contributed by atoms with Crippen molar-refractivity contribution in [3.8, 4) is 5.75 Å². The molecule has 1 aromatic carbocycles. The molecule has 0 aromatic heterocycles. The second-order valence-electron chi connectivity index (χ2n) is 5.16. The van der Waals surface area contributed by atoms with Crippen LogP contribution in [0.4, 0.5) is 0 Å². The third kappa shape index (κ3) is 4.99. The highest BCUT2D eigenvalue weighted by atomic mass is 35.5. The SMILES string of the molecule is CC(C)(C)C(CS)COc1cc(Cl)cc(Cl)c1. The van der Waals surface area contributed by atoms with Crippen LogP contribution in [0.2, 0.25) is 10.0 Å². The molecule has 17 heavy (non-hydrogen) atoms. The molecule has 0 saturated carbocycles. The van der Waals surface area contributed by atoms with Gasteiger partial charge in [-0.15, -0.1) is 0 Å². The Labute approximate surface area is 119 Å². The van der Waals surface area contributed by atoms with Crippen LogP contribution in [0.5, 0.6) is 5.75 Å². The predicted molar refractivity (Wildman–Crippen MR) is 78.8 cm³/mol. The van der Waals surface area contributed by atoms with E-state index in [1.54, 1.807) is 18.2 Å². The van der Waals surface area contributed by atoms with Crippen LogP contribution >= 0.6 is 35.8 Å². The van der Waals surface area contributed by atoms with E-state index < -0.39 is 0 Å². The second kappa shape index (κ2) is 6.21. The monoisotopic (exact) mass is 292 g/mol. The van der Waals surface area contributed by atoms with Crippen LogP contribution < -0.4 is 4.74 Å². The van der Waals surface area contributed by atoms with Gasteiger partial charge in [-0.05, 0) is 29.4 Å². The van der Waals surface area contributed by atoms with E-state index in [9.17, 15) is 0 Å². The van der Waals surface area contributed by atoms with E-state index in [0.717, 1.165) is 5.75 Å². The number of rotatable bonds is 4. The lowest BCUT2D eigenvalue weighted by molar-refractivity contribution is 0.165. The van der Waals surface area contributed by atoms with E-state index in [1.165, 1.54) is 0 Å². The number of benzene rings is 1. The lowest BCUT2D eigenvalue weighted by Gasteiger charge is -2.29. The highest BCUT2D eigenvalue weighted by Crippen LogP contribution is 2.29.